The molecule has 0 aliphatic rings. The average molecular weight is 416 g/mol. The second kappa shape index (κ2) is 9.05. The lowest BCUT2D eigenvalue weighted by Gasteiger charge is -2.00. The summed E-state index contributed by atoms with van der Waals surface area (Å²) in [5.41, 5.74) is 1.46. The van der Waals surface area contributed by atoms with E-state index in [0.29, 0.717) is 11.4 Å². The van der Waals surface area contributed by atoms with E-state index in [2.05, 4.69) is 5.10 Å². The molecule has 134 valence electrons. The lowest BCUT2D eigenvalue weighted by atomic mass is 10.1. The summed E-state index contributed by atoms with van der Waals surface area (Å²) < 4.78 is 8.06. The van der Waals surface area contributed by atoms with Gasteiger partial charge in [-0.15, -0.1) is 0 Å². The van der Waals surface area contributed by atoms with E-state index in [1.807, 2.05) is 48.5 Å². The fourth-order valence-corrected chi connectivity index (χ4v) is 2.45. The first-order chi connectivity index (χ1) is 12.2. The minimum atomic E-state index is -0.403. The molecule has 0 saturated heterocycles. The van der Waals surface area contributed by atoms with E-state index in [-0.39, 0.29) is 35.7 Å². The van der Waals surface area contributed by atoms with Gasteiger partial charge >= 0.3 is 5.97 Å². The highest BCUT2D eigenvalue weighted by atomic mass is 79.9. The Balaban J connectivity index is 0.00000243. The molecule has 0 fully saturated rings. The molecule has 0 spiro atoms. The summed E-state index contributed by atoms with van der Waals surface area (Å²) in [7, 11) is 1.33. The van der Waals surface area contributed by atoms with Crippen LogP contribution in [0.25, 0.3) is 5.69 Å². The summed E-state index contributed by atoms with van der Waals surface area (Å²) in [6.07, 6.45) is 1.72. The number of carbonyl (C=O) groups is 2. The molecule has 0 N–H and O–H groups in total. The van der Waals surface area contributed by atoms with Crippen molar-refractivity contribution >= 4 is 11.8 Å². The van der Waals surface area contributed by atoms with Gasteiger partial charge < -0.3 is 21.7 Å². The van der Waals surface area contributed by atoms with E-state index in [4.69, 9.17) is 4.74 Å². The Bertz CT molecular complexity index is 880. The highest BCUT2D eigenvalue weighted by Gasteiger charge is 2.23. The molecule has 0 aliphatic carbocycles. The van der Waals surface area contributed by atoms with E-state index in [0.717, 1.165) is 5.69 Å². The molecule has 0 aliphatic heterocycles. The van der Waals surface area contributed by atoms with Crippen LogP contribution in [0.3, 0.4) is 0 Å². The predicted molar refractivity (Wildman–Crippen MR) is 90.3 cm³/mol. The number of benzene rings is 2. The monoisotopic (exact) mass is 415 g/mol. The molecule has 0 bridgehead atoms. The summed E-state index contributed by atoms with van der Waals surface area (Å²) in [5.74, 6) is 0.0172. The average Bonchev–Trinajstić information content (AvgIpc) is 3.05. The van der Waals surface area contributed by atoms with E-state index in [9.17, 15) is 9.59 Å². The largest absolute Gasteiger partial charge is 1.00 e. The summed E-state index contributed by atoms with van der Waals surface area (Å²) in [4.78, 5) is 24.2. The first kappa shape index (κ1) is 19.5. The Morgan fingerprint density at radius 2 is 1.65 bits per heavy atom. The number of para-hydroxylation sites is 1. The number of Topliss-reactive ketones (excluding diaryl/α,β-unsaturated/α-hetero) is 1. The second-order valence-electron chi connectivity index (χ2n) is 5.48. The molecule has 0 saturated carbocycles. The van der Waals surface area contributed by atoms with E-state index in [1.54, 1.807) is 27.7 Å². The first-order valence-electron chi connectivity index (χ1n) is 7.86. The van der Waals surface area contributed by atoms with Gasteiger partial charge in [-0.25, -0.2) is 4.57 Å². The lowest BCUT2D eigenvalue weighted by molar-refractivity contribution is -0.690. The fourth-order valence-electron chi connectivity index (χ4n) is 2.45. The van der Waals surface area contributed by atoms with Crippen LogP contribution in [0.2, 0.25) is 0 Å². The predicted octanol–water partition coefficient (Wildman–Crippen LogP) is -1.24. The number of nitrogens with zero attached hydrogens (tertiary/aromatic N) is 3. The molecule has 3 rings (SSSR count). The summed E-state index contributed by atoms with van der Waals surface area (Å²) >= 11 is 0. The van der Waals surface area contributed by atoms with Gasteiger partial charge in [-0.2, -0.15) is 0 Å². The third-order valence-electron chi connectivity index (χ3n) is 3.76. The standard InChI is InChI=1S/C19H18N3O3.BrH/c1-25-19(24)12-18-20-22(16-10-6-3-7-11-16)14-21(18)13-17(23)15-8-4-2-5-9-15;/h2-11,14H,12-13H2,1H3;1H/q+1;/p-1. The number of carbonyl (C=O) groups excluding carboxylic acids is 2. The van der Waals surface area contributed by atoms with Gasteiger partial charge in [0.15, 0.2) is 5.78 Å². The van der Waals surface area contributed by atoms with E-state index >= 15 is 0 Å². The third-order valence-corrected chi connectivity index (χ3v) is 3.76. The van der Waals surface area contributed by atoms with Crippen LogP contribution in [0.4, 0.5) is 0 Å². The highest BCUT2D eigenvalue weighted by molar-refractivity contribution is 5.94. The molecule has 0 amide bonds. The maximum atomic E-state index is 12.5. The number of halogens is 1. The number of rotatable bonds is 6. The molecule has 0 unspecified atom stereocenters. The van der Waals surface area contributed by atoms with Crippen molar-refractivity contribution in [3.05, 3.63) is 78.4 Å². The minimum absolute atomic E-state index is 0. The number of esters is 1. The summed E-state index contributed by atoms with van der Waals surface area (Å²) in [6, 6.07) is 18.6. The molecular formula is C19H18BrN3O3. The molecule has 3 aromatic rings. The number of hydrogen-bond acceptors (Lipinski definition) is 4. The molecule has 0 radical (unpaired) electrons. The van der Waals surface area contributed by atoms with Gasteiger partial charge in [0.1, 0.15) is 18.7 Å². The van der Waals surface area contributed by atoms with Crippen LogP contribution in [0, 0.1) is 0 Å². The van der Waals surface area contributed by atoms with E-state index < -0.39 is 5.97 Å². The topological polar surface area (TPSA) is 65.1 Å². The molecule has 2 aromatic carbocycles. The Kier molecular flexibility index (Phi) is 6.80. The van der Waals surface area contributed by atoms with E-state index in [1.165, 1.54) is 7.11 Å². The molecular weight excluding hydrogens is 398 g/mol. The van der Waals surface area contributed by atoms with Crippen molar-refractivity contribution in [1.29, 1.82) is 0 Å². The molecule has 26 heavy (non-hydrogen) atoms. The number of ether oxygens (including phenoxy) is 1. The van der Waals surface area contributed by atoms with Crippen molar-refractivity contribution in [2.24, 2.45) is 0 Å². The number of hydrogen-bond donors (Lipinski definition) is 0. The Labute approximate surface area is 161 Å². The zero-order chi connectivity index (χ0) is 17.6. The van der Waals surface area contributed by atoms with Crippen molar-refractivity contribution in [1.82, 2.24) is 9.78 Å². The fraction of sp³-hybridized carbons (Fsp3) is 0.158. The van der Waals surface area contributed by atoms with Gasteiger partial charge in [0, 0.05) is 10.7 Å². The van der Waals surface area contributed by atoms with Crippen molar-refractivity contribution in [2.75, 3.05) is 7.11 Å². The summed E-state index contributed by atoms with van der Waals surface area (Å²) in [5, 5.41) is 4.44. The smallest absolute Gasteiger partial charge is 0.316 e. The van der Waals surface area contributed by atoms with Crippen LogP contribution in [-0.4, -0.2) is 28.6 Å². The van der Waals surface area contributed by atoms with Crippen molar-refractivity contribution in [3.8, 4) is 5.69 Å². The highest BCUT2D eigenvalue weighted by Crippen LogP contribution is 2.06. The molecule has 0 atom stereocenters. The lowest BCUT2D eigenvalue weighted by Crippen LogP contribution is -3.00. The Morgan fingerprint density at radius 3 is 2.27 bits per heavy atom. The van der Waals surface area contributed by atoms with Gasteiger partial charge in [-0.1, -0.05) is 53.2 Å². The van der Waals surface area contributed by atoms with Gasteiger partial charge in [0.2, 0.25) is 6.33 Å². The summed E-state index contributed by atoms with van der Waals surface area (Å²) in [6.45, 7) is 0.100. The normalized spacial score (nSPS) is 10.0. The quantitative estimate of drug-likeness (QED) is 0.287. The van der Waals surface area contributed by atoms with Gasteiger partial charge in [-0.3, -0.25) is 9.59 Å². The zero-order valence-corrected chi connectivity index (χ0v) is 15.8. The zero-order valence-electron chi connectivity index (χ0n) is 14.2. The molecule has 1 aromatic heterocycles. The van der Waals surface area contributed by atoms with Crippen LogP contribution in [-0.2, 0) is 22.5 Å². The molecule has 7 heteroatoms. The maximum absolute atomic E-state index is 12.5. The Hall–Kier alpha value is -2.80. The van der Waals surface area contributed by atoms with Crippen LogP contribution in [0.5, 0.6) is 0 Å². The van der Waals surface area contributed by atoms with Crippen LogP contribution in [0.1, 0.15) is 16.2 Å². The number of aromatic nitrogens is 3. The van der Waals surface area contributed by atoms with Crippen molar-refractivity contribution in [2.45, 2.75) is 13.0 Å². The van der Waals surface area contributed by atoms with Crippen LogP contribution < -0.4 is 21.5 Å². The molecule has 6 nitrogen and oxygen atoms in total. The minimum Gasteiger partial charge on any atom is -1.00 e. The number of methoxy groups -OCH3 is 1. The SMILES string of the molecule is COC(=O)Cc1nn(-c2ccccc2)c[n+]1CC(=O)c1ccccc1.[Br-]. The van der Waals surface area contributed by atoms with Crippen LogP contribution in [0.15, 0.2) is 67.0 Å². The molecule has 1 heterocycles. The van der Waals surface area contributed by atoms with Crippen molar-refractivity contribution in [3.63, 3.8) is 0 Å². The van der Waals surface area contributed by atoms with Gasteiger partial charge in [0.05, 0.1) is 7.11 Å². The van der Waals surface area contributed by atoms with Gasteiger partial charge in [-0.05, 0) is 12.1 Å². The maximum Gasteiger partial charge on any atom is 0.316 e. The second-order valence-corrected chi connectivity index (χ2v) is 5.48. The van der Waals surface area contributed by atoms with Crippen molar-refractivity contribution < 1.29 is 35.9 Å². The Morgan fingerprint density at radius 1 is 1.04 bits per heavy atom. The number of ketones is 1. The third kappa shape index (κ3) is 4.64. The van der Waals surface area contributed by atoms with Crippen LogP contribution >= 0.6 is 0 Å². The van der Waals surface area contributed by atoms with Gasteiger partial charge in [0.25, 0.3) is 5.82 Å². The first-order valence-corrected chi connectivity index (χ1v) is 7.86.